The molecule has 2 aromatic rings. The molecule has 132 valence electrons. The highest BCUT2D eigenvalue weighted by atomic mass is 35.5. The maximum absolute atomic E-state index is 12.4. The quantitative estimate of drug-likeness (QED) is 0.888. The fourth-order valence-corrected chi connectivity index (χ4v) is 3.88. The van der Waals surface area contributed by atoms with Gasteiger partial charge in [0.1, 0.15) is 0 Å². The van der Waals surface area contributed by atoms with Crippen LogP contribution in [-0.4, -0.2) is 34.8 Å². The molecule has 2 amide bonds. The van der Waals surface area contributed by atoms with Crippen LogP contribution in [0.2, 0.25) is 5.02 Å². The van der Waals surface area contributed by atoms with E-state index < -0.39 is 0 Å². The number of nitrogens with one attached hydrogen (secondary N) is 1. The third kappa shape index (κ3) is 4.19. The zero-order valence-electron chi connectivity index (χ0n) is 14.2. The third-order valence-electron chi connectivity index (χ3n) is 4.11. The van der Waals surface area contributed by atoms with E-state index in [0.29, 0.717) is 35.2 Å². The Labute approximate surface area is 156 Å². The molecule has 1 aliphatic rings. The van der Waals surface area contributed by atoms with Gasteiger partial charge in [-0.05, 0) is 24.3 Å². The molecule has 0 unspecified atom stereocenters. The van der Waals surface area contributed by atoms with Crippen molar-refractivity contribution in [2.24, 2.45) is 5.92 Å². The lowest BCUT2D eigenvalue weighted by Crippen LogP contribution is -2.36. The van der Waals surface area contributed by atoms with Crippen molar-refractivity contribution in [3.05, 3.63) is 44.9 Å². The highest BCUT2D eigenvalue weighted by molar-refractivity contribution is 7.13. The van der Waals surface area contributed by atoms with E-state index in [1.165, 1.54) is 11.3 Å². The summed E-state index contributed by atoms with van der Waals surface area (Å²) in [5.74, 6) is -0.0313. The topological polar surface area (TPSA) is 62.3 Å². The zero-order valence-corrected chi connectivity index (χ0v) is 15.8. The van der Waals surface area contributed by atoms with Crippen molar-refractivity contribution < 1.29 is 9.59 Å². The van der Waals surface area contributed by atoms with Crippen molar-refractivity contribution >= 4 is 40.4 Å². The number of fused-ring (bicyclic) bond motifs is 1. The van der Waals surface area contributed by atoms with Crippen LogP contribution in [0.5, 0.6) is 0 Å². The summed E-state index contributed by atoms with van der Waals surface area (Å²) in [6.45, 7) is 5.18. The number of anilines is 1. The predicted molar refractivity (Wildman–Crippen MR) is 100 cm³/mol. The molecule has 0 radical (unpaired) electrons. The lowest BCUT2D eigenvalue weighted by Gasteiger charge is -2.22. The van der Waals surface area contributed by atoms with Crippen molar-refractivity contribution in [2.75, 3.05) is 18.4 Å². The van der Waals surface area contributed by atoms with E-state index in [9.17, 15) is 9.59 Å². The smallest absolute Gasteiger partial charge is 0.284 e. The minimum absolute atomic E-state index is 0.00445. The molecule has 0 saturated heterocycles. The van der Waals surface area contributed by atoms with Gasteiger partial charge in [-0.1, -0.05) is 25.4 Å². The van der Waals surface area contributed by atoms with Gasteiger partial charge in [0.2, 0.25) is 5.91 Å². The van der Waals surface area contributed by atoms with Crippen molar-refractivity contribution in [1.82, 2.24) is 9.88 Å². The Bertz CT molecular complexity index is 761. The second kappa shape index (κ2) is 7.54. The van der Waals surface area contributed by atoms with Crippen molar-refractivity contribution in [3.63, 3.8) is 0 Å². The molecule has 0 spiro atoms. The Morgan fingerprint density at radius 1 is 1.20 bits per heavy atom. The highest BCUT2D eigenvalue weighted by Gasteiger charge is 2.24. The summed E-state index contributed by atoms with van der Waals surface area (Å²) in [5.41, 5.74) is 1.62. The van der Waals surface area contributed by atoms with E-state index in [-0.39, 0.29) is 17.7 Å². The van der Waals surface area contributed by atoms with Gasteiger partial charge >= 0.3 is 0 Å². The van der Waals surface area contributed by atoms with Gasteiger partial charge in [0.25, 0.3) is 5.91 Å². The second-order valence-electron chi connectivity index (χ2n) is 6.33. The number of hydrogen-bond donors (Lipinski definition) is 1. The second-order valence-corrected chi connectivity index (χ2v) is 7.85. The van der Waals surface area contributed by atoms with E-state index in [0.717, 1.165) is 17.0 Å². The standard InChI is InChI=1S/C18H20ClN3O2S/c1-11(2)18(24)22-9-7-14-15(8-10-22)25-17(21-14)16(23)20-13-5-3-12(19)4-6-13/h3-6,11H,7-10H2,1-2H3,(H,20,23). The minimum Gasteiger partial charge on any atom is -0.342 e. The Kier molecular flexibility index (Phi) is 5.39. The normalized spacial score (nSPS) is 14.2. The van der Waals surface area contributed by atoms with Gasteiger partial charge in [-0.3, -0.25) is 9.59 Å². The first-order valence-electron chi connectivity index (χ1n) is 8.28. The molecule has 7 heteroatoms. The largest absolute Gasteiger partial charge is 0.342 e. The first-order valence-corrected chi connectivity index (χ1v) is 9.48. The number of nitrogens with zero attached hydrogens (tertiary/aromatic N) is 2. The molecule has 1 aliphatic heterocycles. The van der Waals surface area contributed by atoms with Gasteiger partial charge in [-0.25, -0.2) is 4.98 Å². The van der Waals surface area contributed by atoms with Gasteiger partial charge < -0.3 is 10.2 Å². The summed E-state index contributed by atoms with van der Waals surface area (Å²) < 4.78 is 0. The molecule has 2 heterocycles. The monoisotopic (exact) mass is 377 g/mol. The number of thiazole rings is 1. The first-order chi connectivity index (χ1) is 11.9. The maximum Gasteiger partial charge on any atom is 0.284 e. The van der Waals surface area contributed by atoms with E-state index in [2.05, 4.69) is 10.3 Å². The summed E-state index contributed by atoms with van der Waals surface area (Å²) in [4.78, 5) is 32.1. The summed E-state index contributed by atoms with van der Waals surface area (Å²) in [7, 11) is 0. The van der Waals surface area contributed by atoms with Crippen LogP contribution < -0.4 is 5.32 Å². The molecule has 3 rings (SSSR count). The SMILES string of the molecule is CC(C)C(=O)N1CCc2nc(C(=O)Nc3ccc(Cl)cc3)sc2CC1. The van der Waals surface area contributed by atoms with Crippen molar-refractivity contribution in [1.29, 1.82) is 0 Å². The molecule has 0 atom stereocenters. The number of halogens is 1. The molecule has 1 aromatic carbocycles. The molecule has 1 aromatic heterocycles. The average molecular weight is 378 g/mol. The van der Waals surface area contributed by atoms with E-state index in [1.54, 1.807) is 24.3 Å². The summed E-state index contributed by atoms with van der Waals surface area (Å²) in [6, 6.07) is 6.98. The number of carbonyl (C=O) groups is 2. The summed E-state index contributed by atoms with van der Waals surface area (Å²) in [5, 5.41) is 3.92. The highest BCUT2D eigenvalue weighted by Crippen LogP contribution is 2.24. The van der Waals surface area contributed by atoms with Crippen LogP contribution in [0.3, 0.4) is 0 Å². The number of hydrogen-bond acceptors (Lipinski definition) is 4. The average Bonchev–Trinajstić information content (AvgIpc) is 2.90. The number of rotatable bonds is 3. The van der Waals surface area contributed by atoms with Crippen LogP contribution in [0, 0.1) is 5.92 Å². The van der Waals surface area contributed by atoms with E-state index >= 15 is 0 Å². The van der Waals surface area contributed by atoms with E-state index in [4.69, 9.17) is 11.6 Å². The van der Waals surface area contributed by atoms with Gasteiger partial charge in [0.15, 0.2) is 5.01 Å². The molecule has 0 fully saturated rings. The zero-order chi connectivity index (χ0) is 18.0. The van der Waals surface area contributed by atoms with E-state index in [1.807, 2.05) is 18.7 Å². The Morgan fingerprint density at radius 2 is 1.88 bits per heavy atom. The number of aromatic nitrogens is 1. The van der Waals surface area contributed by atoms with Gasteiger partial charge in [0.05, 0.1) is 5.69 Å². The molecule has 5 nitrogen and oxygen atoms in total. The van der Waals surface area contributed by atoms with Gasteiger partial charge in [-0.2, -0.15) is 0 Å². The van der Waals surface area contributed by atoms with Crippen molar-refractivity contribution in [3.8, 4) is 0 Å². The first kappa shape index (κ1) is 17.9. The van der Waals surface area contributed by atoms with Crippen LogP contribution in [0.25, 0.3) is 0 Å². The Morgan fingerprint density at radius 3 is 2.56 bits per heavy atom. The molecule has 1 N–H and O–H groups in total. The molecule has 0 saturated carbocycles. The Balaban J connectivity index is 1.68. The van der Waals surface area contributed by atoms with Crippen LogP contribution in [0.1, 0.15) is 34.2 Å². The van der Waals surface area contributed by atoms with Crippen LogP contribution >= 0.6 is 22.9 Å². The number of benzene rings is 1. The summed E-state index contributed by atoms with van der Waals surface area (Å²) >= 11 is 7.27. The molecule has 0 aliphatic carbocycles. The van der Waals surface area contributed by atoms with Crippen LogP contribution in [0.15, 0.2) is 24.3 Å². The molecule has 25 heavy (non-hydrogen) atoms. The van der Waals surface area contributed by atoms with Crippen LogP contribution in [-0.2, 0) is 17.6 Å². The fourth-order valence-electron chi connectivity index (χ4n) is 2.76. The lowest BCUT2D eigenvalue weighted by atomic mass is 10.2. The summed E-state index contributed by atoms with van der Waals surface area (Å²) in [6.07, 6.45) is 1.44. The molecular weight excluding hydrogens is 358 g/mol. The Hall–Kier alpha value is -1.92. The molecular formula is C18H20ClN3O2S. The maximum atomic E-state index is 12.4. The minimum atomic E-state index is -0.212. The fraction of sp³-hybridized carbons (Fsp3) is 0.389. The van der Waals surface area contributed by atoms with Crippen molar-refractivity contribution in [2.45, 2.75) is 26.7 Å². The van der Waals surface area contributed by atoms with Gasteiger partial charge in [-0.15, -0.1) is 11.3 Å². The molecule has 0 bridgehead atoms. The van der Waals surface area contributed by atoms with Gasteiger partial charge in [0, 0.05) is 47.4 Å². The number of amides is 2. The number of carbonyl (C=O) groups excluding carboxylic acids is 2. The lowest BCUT2D eigenvalue weighted by molar-refractivity contribution is -0.134. The third-order valence-corrected chi connectivity index (χ3v) is 5.52. The predicted octanol–water partition coefficient (Wildman–Crippen LogP) is 3.63. The van der Waals surface area contributed by atoms with Crippen LogP contribution in [0.4, 0.5) is 5.69 Å².